The molecule has 148 valence electrons. The molecule has 2 saturated carbocycles. The van der Waals surface area contributed by atoms with E-state index in [4.69, 9.17) is 9.47 Å². The molecular formula is C21H23NO6. The number of amides is 2. The number of nitrogens with zero attached hydrogens (tertiary/aromatic N) is 1. The van der Waals surface area contributed by atoms with Gasteiger partial charge in [0.15, 0.2) is 12.4 Å². The number of methoxy groups -OCH3 is 1. The van der Waals surface area contributed by atoms with Crippen molar-refractivity contribution < 1.29 is 28.7 Å². The maximum atomic E-state index is 12.8. The zero-order chi connectivity index (χ0) is 20.0. The average Bonchev–Trinajstić information content (AvgIpc) is 3.39. The van der Waals surface area contributed by atoms with Crippen LogP contribution in [0.4, 0.5) is 0 Å². The van der Waals surface area contributed by atoms with E-state index < -0.39 is 18.6 Å². The summed E-state index contributed by atoms with van der Waals surface area (Å²) in [7, 11) is 1.50. The SMILES string of the molecule is COc1cccc(C(=O)COC(=O)[C@H](C)N2C(=O)[C@@H]3[C@H]4CC[C@@H](C4)[C@@H]3C2=O)c1. The summed E-state index contributed by atoms with van der Waals surface area (Å²) in [5.74, 6) is -1.15. The van der Waals surface area contributed by atoms with Crippen molar-refractivity contribution in [2.75, 3.05) is 13.7 Å². The number of hydrogen-bond donors (Lipinski definition) is 0. The van der Waals surface area contributed by atoms with Gasteiger partial charge in [-0.05, 0) is 50.2 Å². The third kappa shape index (κ3) is 2.89. The molecule has 2 aliphatic carbocycles. The van der Waals surface area contributed by atoms with Crippen molar-refractivity contribution in [3.8, 4) is 5.75 Å². The number of ketones is 1. The van der Waals surface area contributed by atoms with Gasteiger partial charge in [-0.15, -0.1) is 0 Å². The Balaban J connectivity index is 1.39. The maximum absolute atomic E-state index is 12.8. The Morgan fingerprint density at radius 3 is 2.39 bits per heavy atom. The fraction of sp³-hybridized carbons (Fsp3) is 0.524. The molecule has 0 spiro atoms. The number of fused-ring (bicyclic) bond motifs is 5. The molecule has 2 amide bonds. The van der Waals surface area contributed by atoms with Crippen LogP contribution in [-0.4, -0.2) is 48.2 Å². The van der Waals surface area contributed by atoms with Crippen LogP contribution in [0.2, 0.25) is 0 Å². The van der Waals surface area contributed by atoms with Crippen molar-refractivity contribution in [2.24, 2.45) is 23.7 Å². The summed E-state index contributed by atoms with van der Waals surface area (Å²) in [6, 6.07) is 5.52. The molecule has 1 saturated heterocycles. The van der Waals surface area contributed by atoms with E-state index in [9.17, 15) is 19.2 Å². The van der Waals surface area contributed by atoms with Crippen LogP contribution in [0.5, 0.6) is 5.75 Å². The van der Waals surface area contributed by atoms with E-state index >= 15 is 0 Å². The number of ether oxygens (including phenoxy) is 2. The first-order chi connectivity index (χ1) is 13.4. The molecule has 1 aromatic carbocycles. The van der Waals surface area contributed by atoms with Crippen molar-refractivity contribution in [3.63, 3.8) is 0 Å². The van der Waals surface area contributed by atoms with E-state index in [2.05, 4.69) is 0 Å². The summed E-state index contributed by atoms with van der Waals surface area (Å²) in [5.41, 5.74) is 0.360. The Hall–Kier alpha value is -2.70. The van der Waals surface area contributed by atoms with Gasteiger partial charge in [0.25, 0.3) is 0 Å². The van der Waals surface area contributed by atoms with Crippen LogP contribution in [0.15, 0.2) is 24.3 Å². The lowest BCUT2D eigenvalue weighted by molar-refractivity contribution is -0.157. The van der Waals surface area contributed by atoms with Gasteiger partial charge >= 0.3 is 5.97 Å². The minimum absolute atomic E-state index is 0.259. The van der Waals surface area contributed by atoms with E-state index in [0.29, 0.717) is 11.3 Å². The number of carbonyl (C=O) groups is 4. The second-order valence-corrected chi connectivity index (χ2v) is 7.87. The normalized spacial score (nSPS) is 29.0. The minimum Gasteiger partial charge on any atom is -0.497 e. The van der Waals surface area contributed by atoms with E-state index in [-0.39, 0.29) is 41.3 Å². The molecule has 0 aromatic heterocycles. The Morgan fingerprint density at radius 2 is 1.79 bits per heavy atom. The summed E-state index contributed by atoms with van der Waals surface area (Å²) in [4.78, 5) is 51.3. The monoisotopic (exact) mass is 385 g/mol. The van der Waals surface area contributed by atoms with Gasteiger partial charge in [0.2, 0.25) is 11.8 Å². The largest absolute Gasteiger partial charge is 0.497 e. The van der Waals surface area contributed by atoms with Crippen LogP contribution in [0.25, 0.3) is 0 Å². The van der Waals surface area contributed by atoms with Gasteiger partial charge in [-0.2, -0.15) is 0 Å². The topological polar surface area (TPSA) is 90.0 Å². The number of likely N-dealkylation sites (tertiary alicyclic amines) is 1. The second kappa shape index (κ2) is 7.04. The number of benzene rings is 1. The van der Waals surface area contributed by atoms with Crippen LogP contribution in [0.3, 0.4) is 0 Å². The Bertz CT molecular complexity index is 821. The summed E-state index contributed by atoms with van der Waals surface area (Å²) in [6.07, 6.45) is 2.90. The van der Waals surface area contributed by atoms with Crippen molar-refractivity contribution in [2.45, 2.75) is 32.2 Å². The second-order valence-electron chi connectivity index (χ2n) is 7.87. The van der Waals surface area contributed by atoms with Gasteiger partial charge < -0.3 is 9.47 Å². The quantitative estimate of drug-likeness (QED) is 0.422. The zero-order valence-corrected chi connectivity index (χ0v) is 15.9. The number of Topliss-reactive ketones (excluding diaryl/α,β-unsaturated/α-hetero) is 1. The van der Waals surface area contributed by atoms with Crippen LogP contribution < -0.4 is 4.74 Å². The lowest BCUT2D eigenvalue weighted by Crippen LogP contribution is -2.45. The molecule has 1 aliphatic heterocycles. The van der Waals surface area contributed by atoms with Crippen LogP contribution in [0.1, 0.15) is 36.5 Å². The van der Waals surface area contributed by atoms with Crippen molar-refractivity contribution in [3.05, 3.63) is 29.8 Å². The molecule has 7 nitrogen and oxygen atoms in total. The molecule has 2 bridgehead atoms. The van der Waals surface area contributed by atoms with Gasteiger partial charge in [0.1, 0.15) is 11.8 Å². The lowest BCUT2D eigenvalue weighted by atomic mass is 9.81. The van der Waals surface area contributed by atoms with E-state index in [0.717, 1.165) is 24.2 Å². The Kier molecular flexibility index (Phi) is 4.69. The summed E-state index contributed by atoms with van der Waals surface area (Å²) >= 11 is 0. The average molecular weight is 385 g/mol. The summed E-state index contributed by atoms with van der Waals surface area (Å²) < 4.78 is 10.2. The molecule has 1 aromatic rings. The number of imide groups is 1. The van der Waals surface area contributed by atoms with Gasteiger partial charge in [-0.1, -0.05) is 12.1 Å². The smallest absolute Gasteiger partial charge is 0.329 e. The lowest BCUT2D eigenvalue weighted by Gasteiger charge is -2.22. The van der Waals surface area contributed by atoms with Crippen molar-refractivity contribution >= 4 is 23.6 Å². The fourth-order valence-electron chi connectivity index (χ4n) is 5.06. The molecule has 28 heavy (non-hydrogen) atoms. The number of esters is 1. The van der Waals surface area contributed by atoms with Crippen molar-refractivity contribution in [1.29, 1.82) is 0 Å². The van der Waals surface area contributed by atoms with Gasteiger partial charge in [-0.3, -0.25) is 19.3 Å². The molecule has 1 heterocycles. The third-order valence-electron chi connectivity index (χ3n) is 6.43. The van der Waals surface area contributed by atoms with Gasteiger partial charge in [0.05, 0.1) is 18.9 Å². The third-order valence-corrected chi connectivity index (χ3v) is 6.43. The molecular weight excluding hydrogens is 362 g/mol. The first-order valence-electron chi connectivity index (χ1n) is 9.63. The Labute approximate surface area is 163 Å². The number of rotatable bonds is 6. The first kappa shape index (κ1) is 18.7. The zero-order valence-electron chi connectivity index (χ0n) is 15.9. The molecule has 7 heteroatoms. The molecule has 3 aliphatic rings. The van der Waals surface area contributed by atoms with Crippen LogP contribution >= 0.6 is 0 Å². The van der Waals surface area contributed by atoms with E-state index in [1.165, 1.54) is 14.0 Å². The molecule has 0 unspecified atom stereocenters. The highest BCUT2D eigenvalue weighted by Crippen LogP contribution is 2.56. The van der Waals surface area contributed by atoms with Crippen molar-refractivity contribution in [1.82, 2.24) is 4.90 Å². The molecule has 3 fully saturated rings. The Morgan fingerprint density at radius 1 is 1.14 bits per heavy atom. The number of carbonyl (C=O) groups excluding carboxylic acids is 4. The van der Waals surface area contributed by atoms with Gasteiger partial charge in [-0.25, -0.2) is 4.79 Å². The van der Waals surface area contributed by atoms with E-state index in [1.54, 1.807) is 24.3 Å². The molecule has 5 atom stereocenters. The maximum Gasteiger partial charge on any atom is 0.329 e. The first-order valence-corrected chi connectivity index (χ1v) is 9.63. The van der Waals surface area contributed by atoms with Crippen LogP contribution in [-0.2, 0) is 19.1 Å². The minimum atomic E-state index is -1.02. The molecule has 0 N–H and O–H groups in total. The predicted octanol–water partition coefficient (Wildman–Crippen LogP) is 1.84. The highest BCUT2D eigenvalue weighted by molar-refractivity contribution is 6.08. The summed E-state index contributed by atoms with van der Waals surface area (Å²) in [5, 5.41) is 0. The standard InChI is InChI=1S/C21H23NO6/c1-11(21(26)28-10-16(23)12-4-3-5-15(9-12)27-2)22-19(24)17-13-6-7-14(8-13)18(17)20(22)25/h3-5,9,11,13-14,17-18H,6-8,10H2,1-2H3/t11-,13-,14-,17-,18+/m0/s1. The fourth-order valence-corrected chi connectivity index (χ4v) is 5.06. The van der Waals surface area contributed by atoms with Gasteiger partial charge in [0, 0.05) is 5.56 Å². The van der Waals surface area contributed by atoms with E-state index in [1.807, 2.05) is 0 Å². The highest BCUT2D eigenvalue weighted by atomic mass is 16.5. The number of hydrogen-bond acceptors (Lipinski definition) is 6. The molecule has 4 rings (SSSR count). The highest BCUT2D eigenvalue weighted by Gasteiger charge is 2.62. The van der Waals surface area contributed by atoms with Crippen LogP contribution in [0, 0.1) is 23.7 Å². The molecule has 0 radical (unpaired) electrons. The predicted molar refractivity (Wildman–Crippen MR) is 97.4 cm³/mol. The summed E-state index contributed by atoms with van der Waals surface area (Å²) in [6.45, 7) is 1.03.